The van der Waals surface area contributed by atoms with Crippen LogP contribution in [0.3, 0.4) is 0 Å². The van der Waals surface area contributed by atoms with Crippen LogP contribution >= 0.6 is 24.0 Å². The number of halogens is 2. The van der Waals surface area contributed by atoms with Gasteiger partial charge in [0.25, 0.3) is 0 Å². The molecule has 0 aliphatic carbocycles. The number of nitrogens with one attached hydrogen (secondary N) is 2. The van der Waals surface area contributed by atoms with Crippen LogP contribution in [0, 0.1) is 19.7 Å². The summed E-state index contributed by atoms with van der Waals surface area (Å²) in [6, 6.07) is 7.07. The molecule has 7 heteroatoms. The number of guanidine groups is 1. The van der Waals surface area contributed by atoms with E-state index in [4.69, 9.17) is 0 Å². The molecule has 1 heterocycles. The van der Waals surface area contributed by atoms with Crippen LogP contribution in [0.2, 0.25) is 0 Å². The topological polar surface area (TPSA) is 54.2 Å². The van der Waals surface area contributed by atoms with Crippen LogP contribution in [-0.4, -0.2) is 35.4 Å². The monoisotopic (exact) mass is 473 g/mol. The van der Waals surface area contributed by atoms with Gasteiger partial charge in [-0.05, 0) is 50.8 Å². The largest absolute Gasteiger partial charge is 0.356 e. The highest BCUT2D eigenvalue weighted by Crippen LogP contribution is 2.14. The lowest BCUT2D eigenvalue weighted by molar-refractivity contribution is 0.603. The summed E-state index contributed by atoms with van der Waals surface area (Å²) in [6.45, 7) is 6.87. The number of hydrogen-bond donors (Lipinski definition) is 2. The maximum atomic E-state index is 13.6. The zero-order valence-corrected chi connectivity index (χ0v) is 18.5. The van der Waals surface area contributed by atoms with Crippen molar-refractivity contribution in [2.24, 2.45) is 12.0 Å². The molecule has 2 N–H and O–H groups in total. The second-order valence-corrected chi connectivity index (χ2v) is 6.36. The van der Waals surface area contributed by atoms with E-state index in [2.05, 4.69) is 34.6 Å². The first-order valence-corrected chi connectivity index (χ1v) is 8.62. The van der Waals surface area contributed by atoms with E-state index in [0.29, 0.717) is 18.5 Å². The van der Waals surface area contributed by atoms with Crippen LogP contribution in [0.25, 0.3) is 0 Å². The van der Waals surface area contributed by atoms with Crippen molar-refractivity contribution < 1.29 is 4.39 Å². The number of hydrogen-bond acceptors (Lipinski definition) is 2. The Morgan fingerprint density at radius 2 is 2.00 bits per heavy atom. The van der Waals surface area contributed by atoms with Crippen LogP contribution in [0.4, 0.5) is 4.39 Å². The van der Waals surface area contributed by atoms with Gasteiger partial charge in [-0.15, -0.1) is 24.0 Å². The second-order valence-electron chi connectivity index (χ2n) is 6.36. The van der Waals surface area contributed by atoms with Crippen LogP contribution in [0.1, 0.15) is 29.4 Å². The Morgan fingerprint density at radius 3 is 2.58 bits per heavy atom. The molecule has 0 spiro atoms. The maximum Gasteiger partial charge on any atom is 0.191 e. The van der Waals surface area contributed by atoms with E-state index >= 15 is 0 Å². The highest BCUT2D eigenvalue weighted by Gasteiger charge is 2.14. The van der Waals surface area contributed by atoms with Gasteiger partial charge in [0.15, 0.2) is 5.96 Å². The van der Waals surface area contributed by atoms with Gasteiger partial charge in [-0.2, -0.15) is 5.10 Å². The zero-order valence-electron chi connectivity index (χ0n) is 16.1. The lowest BCUT2D eigenvalue weighted by Crippen LogP contribution is -2.43. The van der Waals surface area contributed by atoms with Crippen molar-refractivity contribution in [1.29, 1.82) is 0 Å². The Balaban J connectivity index is 0.00000338. The molecule has 5 nitrogen and oxygen atoms in total. The summed E-state index contributed by atoms with van der Waals surface area (Å²) < 4.78 is 15.6. The third-order valence-electron chi connectivity index (χ3n) is 4.42. The summed E-state index contributed by atoms with van der Waals surface area (Å²) in [7, 11) is 3.71. The molecule has 0 aliphatic heterocycles. The highest BCUT2D eigenvalue weighted by atomic mass is 127. The molecular weight excluding hydrogens is 444 g/mol. The number of aromatic nitrogens is 2. The molecule has 0 saturated carbocycles. The van der Waals surface area contributed by atoms with E-state index < -0.39 is 0 Å². The average Bonchev–Trinajstić information content (AvgIpc) is 2.82. The van der Waals surface area contributed by atoms with Gasteiger partial charge in [0.1, 0.15) is 5.82 Å². The Labute approximate surface area is 172 Å². The minimum Gasteiger partial charge on any atom is -0.356 e. The smallest absolute Gasteiger partial charge is 0.191 e. The molecule has 26 heavy (non-hydrogen) atoms. The van der Waals surface area contributed by atoms with Gasteiger partial charge in [0, 0.05) is 32.4 Å². The summed E-state index contributed by atoms with van der Waals surface area (Å²) in [6.07, 6.45) is 1.49. The predicted octanol–water partition coefficient (Wildman–Crippen LogP) is 3.13. The van der Waals surface area contributed by atoms with Crippen molar-refractivity contribution in [3.63, 3.8) is 0 Å². The fourth-order valence-corrected chi connectivity index (χ4v) is 2.91. The van der Waals surface area contributed by atoms with Crippen molar-refractivity contribution in [3.05, 3.63) is 52.6 Å². The molecule has 2 aromatic rings. The second kappa shape index (κ2) is 10.5. The minimum absolute atomic E-state index is 0. The quantitative estimate of drug-likeness (QED) is 0.385. The minimum atomic E-state index is -0.164. The molecule has 0 saturated heterocycles. The number of aryl methyl sites for hydroxylation is 2. The molecule has 0 amide bonds. The molecule has 0 fully saturated rings. The third-order valence-corrected chi connectivity index (χ3v) is 4.42. The van der Waals surface area contributed by atoms with Crippen LogP contribution < -0.4 is 10.6 Å². The summed E-state index contributed by atoms with van der Waals surface area (Å²) in [5.74, 6) is 0.561. The first kappa shape index (κ1) is 22.4. The van der Waals surface area contributed by atoms with Crippen LogP contribution in [0.15, 0.2) is 29.3 Å². The molecule has 0 bridgehead atoms. The Bertz CT molecular complexity index is 742. The molecule has 2 rings (SSSR count). The highest BCUT2D eigenvalue weighted by molar-refractivity contribution is 14.0. The lowest BCUT2D eigenvalue weighted by atomic mass is 10.1. The van der Waals surface area contributed by atoms with Crippen molar-refractivity contribution >= 4 is 29.9 Å². The van der Waals surface area contributed by atoms with Crippen LogP contribution in [0.5, 0.6) is 0 Å². The van der Waals surface area contributed by atoms with Gasteiger partial charge in [0.05, 0.1) is 5.69 Å². The van der Waals surface area contributed by atoms with E-state index in [0.717, 1.165) is 18.1 Å². The Hall–Kier alpha value is -1.64. The van der Waals surface area contributed by atoms with E-state index in [1.54, 1.807) is 13.1 Å². The van der Waals surface area contributed by atoms with Crippen molar-refractivity contribution in [2.75, 3.05) is 13.6 Å². The van der Waals surface area contributed by atoms with Gasteiger partial charge < -0.3 is 10.6 Å². The van der Waals surface area contributed by atoms with Crippen molar-refractivity contribution in [3.8, 4) is 0 Å². The SMILES string of the molecule is CN=C(NCCc1ccccc1F)NC(C)Cc1c(C)nn(C)c1C.I. The summed E-state index contributed by atoms with van der Waals surface area (Å²) in [4.78, 5) is 4.25. The number of rotatable bonds is 6. The lowest BCUT2D eigenvalue weighted by Gasteiger charge is -2.18. The summed E-state index contributed by atoms with van der Waals surface area (Å²) in [5, 5.41) is 11.1. The first-order chi connectivity index (χ1) is 11.9. The van der Waals surface area contributed by atoms with Crippen molar-refractivity contribution in [2.45, 2.75) is 39.7 Å². The molecule has 0 aliphatic rings. The molecule has 0 radical (unpaired) electrons. The van der Waals surface area contributed by atoms with Gasteiger partial charge in [-0.25, -0.2) is 4.39 Å². The molecule has 1 atom stereocenters. The molecule has 1 unspecified atom stereocenters. The van der Waals surface area contributed by atoms with E-state index in [-0.39, 0.29) is 35.8 Å². The molecular formula is C19H29FIN5. The zero-order chi connectivity index (χ0) is 18.4. The van der Waals surface area contributed by atoms with E-state index in [1.165, 1.54) is 17.3 Å². The normalized spacial score (nSPS) is 12.5. The van der Waals surface area contributed by atoms with Gasteiger partial charge in [-0.1, -0.05) is 18.2 Å². The number of aliphatic imine (C=N–C) groups is 1. The standard InChI is InChI=1S/C19H28FN5.HI/c1-13(12-17-14(2)24-25(5)15(17)3)23-19(21-4)22-11-10-16-8-6-7-9-18(16)20;/h6-9,13H,10-12H2,1-5H3,(H2,21,22,23);1H. The number of nitrogens with zero attached hydrogens (tertiary/aromatic N) is 3. The maximum absolute atomic E-state index is 13.6. The predicted molar refractivity (Wildman–Crippen MR) is 116 cm³/mol. The van der Waals surface area contributed by atoms with Gasteiger partial charge >= 0.3 is 0 Å². The first-order valence-electron chi connectivity index (χ1n) is 8.62. The summed E-state index contributed by atoms with van der Waals surface area (Å²) >= 11 is 0. The molecule has 144 valence electrons. The van der Waals surface area contributed by atoms with Gasteiger partial charge in [0.2, 0.25) is 0 Å². The fourth-order valence-electron chi connectivity index (χ4n) is 2.91. The Morgan fingerprint density at radius 1 is 1.31 bits per heavy atom. The molecule has 1 aromatic carbocycles. The summed E-state index contributed by atoms with van der Waals surface area (Å²) in [5.41, 5.74) is 4.23. The van der Waals surface area contributed by atoms with Crippen LogP contribution in [-0.2, 0) is 19.9 Å². The number of benzene rings is 1. The molecule has 1 aromatic heterocycles. The van der Waals surface area contributed by atoms with E-state index in [9.17, 15) is 4.39 Å². The van der Waals surface area contributed by atoms with Crippen molar-refractivity contribution in [1.82, 2.24) is 20.4 Å². The van der Waals surface area contributed by atoms with E-state index in [1.807, 2.05) is 30.8 Å². The Kier molecular flexibility index (Phi) is 9.04. The fraction of sp³-hybridized carbons (Fsp3) is 0.474. The third kappa shape index (κ3) is 5.96. The van der Waals surface area contributed by atoms with Gasteiger partial charge in [-0.3, -0.25) is 9.67 Å². The average molecular weight is 473 g/mol.